The molecular formula is C11H16N4O3S. The van der Waals surface area contributed by atoms with Gasteiger partial charge in [0, 0.05) is 17.9 Å². The molecule has 4 N–H and O–H groups in total. The van der Waals surface area contributed by atoms with Crippen LogP contribution in [0.1, 0.15) is 17.3 Å². The number of nitro groups is 1. The highest BCUT2D eigenvalue weighted by Gasteiger charge is 2.20. The summed E-state index contributed by atoms with van der Waals surface area (Å²) in [6.45, 7) is 2.45. The third-order valence-corrected chi connectivity index (χ3v) is 3.55. The van der Waals surface area contributed by atoms with Crippen LogP contribution in [0.15, 0.2) is 18.2 Å². The predicted molar refractivity (Wildman–Crippen MR) is 76.2 cm³/mol. The van der Waals surface area contributed by atoms with Gasteiger partial charge in [-0.3, -0.25) is 20.8 Å². The summed E-state index contributed by atoms with van der Waals surface area (Å²) in [6, 6.07) is 4.23. The first-order chi connectivity index (χ1) is 9.01. The van der Waals surface area contributed by atoms with Gasteiger partial charge in [-0.25, -0.2) is 0 Å². The molecule has 0 aromatic heterocycles. The molecule has 0 bridgehead atoms. The van der Waals surface area contributed by atoms with E-state index in [1.807, 2.05) is 13.2 Å². The number of rotatable bonds is 6. The van der Waals surface area contributed by atoms with Crippen molar-refractivity contribution in [1.29, 1.82) is 0 Å². The second-order valence-electron chi connectivity index (χ2n) is 3.86. The standard InChI is InChI=1S/C11H16N4O3S/c1-7(19-2)6-13-11(16)8-4-3-5-9(15(17)18)10(8)14-12/h3-5,7,14H,6,12H2,1-2H3,(H,13,16). The number of benzene rings is 1. The van der Waals surface area contributed by atoms with Crippen molar-refractivity contribution < 1.29 is 9.72 Å². The van der Waals surface area contributed by atoms with Crippen LogP contribution in [0, 0.1) is 10.1 Å². The largest absolute Gasteiger partial charge is 0.351 e. The number of thioether (sulfide) groups is 1. The molecule has 0 aliphatic heterocycles. The Morgan fingerprint density at radius 2 is 2.26 bits per heavy atom. The molecular weight excluding hydrogens is 268 g/mol. The van der Waals surface area contributed by atoms with Crippen LogP contribution in [-0.4, -0.2) is 28.9 Å². The average molecular weight is 284 g/mol. The number of amides is 1. The Morgan fingerprint density at radius 1 is 1.58 bits per heavy atom. The van der Waals surface area contributed by atoms with E-state index in [9.17, 15) is 14.9 Å². The minimum atomic E-state index is -0.587. The molecule has 8 heteroatoms. The second kappa shape index (κ2) is 6.95. The first-order valence-corrected chi connectivity index (χ1v) is 6.85. The smallest absolute Gasteiger partial charge is 0.294 e. The number of hydrogen-bond donors (Lipinski definition) is 3. The lowest BCUT2D eigenvalue weighted by Crippen LogP contribution is -2.30. The summed E-state index contributed by atoms with van der Waals surface area (Å²) in [5.74, 6) is 4.88. The highest BCUT2D eigenvalue weighted by atomic mass is 32.2. The lowest BCUT2D eigenvalue weighted by molar-refractivity contribution is -0.384. The van der Waals surface area contributed by atoms with Crippen molar-refractivity contribution in [3.63, 3.8) is 0 Å². The molecule has 0 fully saturated rings. The van der Waals surface area contributed by atoms with E-state index in [2.05, 4.69) is 10.7 Å². The third kappa shape index (κ3) is 3.83. The van der Waals surface area contributed by atoms with Gasteiger partial charge >= 0.3 is 0 Å². The van der Waals surface area contributed by atoms with Gasteiger partial charge in [0.2, 0.25) is 0 Å². The summed E-state index contributed by atoms with van der Waals surface area (Å²) < 4.78 is 0. The number of anilines is 1. The summed E-state index contributed by atoms with van der Waals surface area (Å²) in [5, 5.41) is 13.8. The fourth-order valence-electron chi connectivity index (χ4n) is 1.45. The Bertz CT molecular complexity index is 481. The Labute approximate surface area is 115 Å². The van der Waals surface area contributed by atoms with E-state index in [4.69, 9.17) is 5.84 Å². The molecule has 0 aliphatic rings. The van der Waals surface area contributed by atoms with E-state index >= 15 is 0 Å². The maximum atomic E-state index is 12.0. The Balaban J connectivity index is 2.96. The molecule has 7 nitrogen and oxygen atoms in total. The van der Waals surface area contributed by atoms with Crippen LogP contribution in [-0.2, 0) is 0 Å². The fourth-order valence-corrected chi connectivity index (χ4v) is 1.70. The molecule has 0 aliphatic carbocycles. The normalized spacial score (nSPS) is 11.7. The Hall–Kier alpha value is -1.80. The van der Waals surface area contributed by atoms with Crippen LogP contribution in [0.25, 0.3) is 0 Å². The van der Waals surface area contributed by atoms with Gasteiger partial charge in [-0.05, 0) is 12.3 Å². The van der Waals surface area contributed by atoms with Crippen molar-refractivity contribution in [3.8, 4) is 0 Å². The van der Waals surface area contributed by atoms with Crippen LogP contribution in [0.3, 0.4) is 0 Å². The number of carbonyl (C=O) groups excluding carboxylic acids is 1. The summed E-state index contributed by atoms with van der Waals surface area (Å²) in [4.78, 5) is 22.2. The number of carbonyl (C=O) groups is 1. The Morgan fingerprint density at radius 3 is 2.79 bits per heavy atom. The minimum Gasteiger partial charge on any atom is -0.351 e. The van der Waals surface area contributed by atoms with E-state index in [0.29, 0.717) is 6.54 Å². The van der Waals surface area contributed by atoms with Crippen molar-refractivity contribution in [2.45, 2.75) is 12.2 Å². The maximum absolute atomic E-state index is 12.0. The minimum absolute atomic E-state index is 0.0156. The molecule has 1 rings (SSSR count). The van der Waals surface area contributed by atoms with Crippen LogP contribution >= 0.6 is 11.8 Å². The van der Waals surface area contributed by atoms with Gasteiger partial charge in [-0.15, -0.1) is 0 Å². The number of nitrogens with one attached hydrogen (secondary N) is 2. The van der Waals surface area contributed by atoms with Gasteiger partial charge in [0.25, 0.3) is 11.6 Å². The van der Waals surface area contributed by atoms with E-state index in [0.717, 1.165) is 0 Å². The van der Waals surface area contributed by atoms with Crippen molar-refractivity contribution in [2.75, 3.05) is 18.2 Å². The number of nitrogen functional groups attached to an aromatic ring is 1. The lowest BCUT2D eigenvalue weighted by Gasteiger charge is -2.12. The molecule has 1 unspecified atom stereocenters. The number of hydrogen-bond acceptors (Lipinski definition) is 6. The lowest BCUT2D eigenvalue weighted by atomic mass is 10.1. The molecule has 1 aromatic rings. The van der Waals surface area contributed by atoms with Gasteiger partial charge < -0.3 is 10.7 Å². The first kappa shape index (κ1) is 15.3. The SMILES string of the molecule is CSC(C)CNC(=O)c1cccc([N+](=O)[O-])c1NN. The predicted octanol–water partition coefficient (Wildman–Crippen LogP) is 1.36. The van der Waals surface area contributed by atoms with Gasteiger partial charge in [-0.2, -0.15) is 11.8 Å². The zero-order valence-electron chi connectivity index (χ0n) is 10.7. The monoisotopic (exact) mass is 284 g/mol. The zero-order valence-corrected chi connectivity index (χ0v) is 11.5. The van der Waals surface area contributed by atoms with Crippen molar-refractivity contribution in [2.24, 2.45) is 5.84 Å². The topological polar surface area (TPSA) is 110 Å². The van der Waals surface area contributed by atoms with Crippen molar-refractivity contribution in [1.82, 2.24) is 5.32 Å². The highest BCUT2D eigenvalue weighted by Crippen LogP contribution is 2.27. The zero-order chi connectivity index (χ0) is 14.4. The van der Waals surface area contributed by atoms with E-state index in [-0.39, 0.29) is 22.2 Å². The van der Waals surface area contributed by atoms with Gasteiger partial charge in [0.05, 0.1) is 10.5 Å². The van der Waals surface area contributed by atoms with Crippen LogP contribution < -0.4 is 16.6 Å². The number of hydrazine groups is 1. The number of nitro benzene ring substituents is 1. The summed E-state index contributed by atoms with van der Waals surface area (Å²) in [6.07, 6.45) is 1.94. The van der Waals surface area contributed by atoms with E-state index < -0.39 is 10.8 Å². The van der Waals surface area contributed by atoms with Gasteiger partial charge in [-0.1, -0.05) is 13.0 Å². The first-order valence-electron chi connectivity index (χ1n) is 5.56. The summed E-state index contributed by atoms with van der Waals surface area (Å²) in [5.41, 5.74) is 2.16. The van der Waals surface area contributed by atoms with Crippen LogP contribution in [0.4, 0.5) is 11.4 Å². The van der Waals surface area contributed by atoms with E-state index in [1.54, 1.807) is 11.8 Å². The summed E-state index contributed by atoms with van der Waals surface area (Å²) >= 11 is 1.62. The molecule has 19 heavy (non-hydrogen) atoms. The highest BCUT2D eigenvalue weighted by molar-refractivity contribution is 7.99. The van der Waals surface area contributed by atoms with Crippen molar-refractivity contribution in [3.05, 3.63) is 33.9 Å². The molecule has 0 saturated heterocycles. The third-order valence-electron chi connectivity index (χ3n) is 2.58. The number of nitrogens with two attached hydrogens (primary N) is 1. The molecule has 104 valence electrons. The van der Waals surface area contributed by atoms with E-state index in [1.165, 1.54) is 18.2 Å². The number of nitrogens with zero attached hydrogens (tertiary/aromatic N) is 1. The quantitative estimate of drug-likeness (QED) is 0.413. The maximum Gasteiger partial charge on any atom is 0.294 e. The molecule has 0 radical (unpaired) electrons. The summed E-state index contributed by atoms with van der Waals surface area (Å²) in [7, 11) is 0. The average Bonchev–Trinajstić information content (AvgIpc) is 2.43. The second-order valence-corrected chi connectivity index (χ2v) is 5.13. The molecule has 0 saturated carbocycles. The van der Waals surface area contributed by atoms with Crippen molar-refractivity contribution >= 4 is 29.0 Å². The molecule has 1 aromatic carbocycles. The molecule has 0 heterocycles. The van der Waals surface area contributed by atoms with Crippen LogP contribution in [0.5, 0.6) is 0 Å². The van der Waals surface area contributed by atoms with Gasteiger partial charge in [0.1, 0.15) is 5.69 Å². The molecule has 1 atom stereocenters. The Kier molecular flexibility index (Phi) is 5.58. The fraction of sp³-hybridized carbons (Fsp3) is 0.364. The molecule has 1 amide bonds. The molecule has 0 spiro atoms. The van der Waals surface area contributed by atoms with Gasteiger partial charge in [0.15, 0.2) is 0 Å². The number of para-hydroxylation sites is 1. The van der Waals surface area contributed by atoms with Crippen LogP contribution in [0.2, 0.25) is 0 Å².